The molecule has 0 saturated heterocycles. The molecule has 3 N–H and O–H groups in total. The number of nitrogens with one attached hydrogen (secondary N) is 2. The smallest absolute Gasteiger partial charge is 0.319 e. The Kier molecular flexibility index (Phi) is 5.36. The number of urea groups is 1. The van der Waals surface area contributed by atoms with Crippen LogP contribution in [0.2, 0.25) is 0 Å². The van der Waals surface area contributed by atoms with E-state index in [1.807, 2.05) is 24.3 Å². The van der Waals surface area contributed by atoms with E-state index in [1.165, 1.54) is 5.56 Å². The summed E-state index contributed by atoms with van der Waals surface area (Å²) in [5.74, 6) is -0.493. The average Bonchev–Trinajstić information content (AvgIpc) is 2.27. The molecule has 2 amide bonds. The highest BCUT2D eigenvalue weighted by molar-refractivity contribution is 5.89. The molecule has 0 bridgehead atoms. The van der Waals surface area contributed by atoms with Crippen LogP contribution in [0, 0.1) is 0 Å². The van der Waals surface area contributed by atoms with Gasteiger partial charge in [0.2, 0.25) is 0 Å². The number of amides is 2. The Morgan fingerprint density at radius 3 is 2.21 bits per heavy atom. The van der Waals surface area contributed by atoms with Crippen molar-refractivity contribution >= 4 is 17.7 Å². The van der Waals surface area contributed by atoms with Crippen LogP contribution in [0.3, 0.4) is 0 Å². The normalized spacial score (nSPS) is 12.0. The van der Waals surface area contributed by atoms with Gasteiger partial charge in [-0.15, -0.1) is 0 Å². The molecule has 1 aromatic rings. The Balaban J connectivity index is 2.50. The van der Waals surface area contributed by atoms with Gasteiger partial charge in [0.25, 0.3) is 0 Å². The minimum absolute atomic E-state index is 0.0975. The third-order valence-electron chi connectivity index (χ3n) is 2.69. The first kappa shape index (κ1) is 15.0. The van der Waals surface area contributed by atoms with Gasteiger partial charge in [-0.2, -0.15) is 0 Å². The Morgan fingerprint density at radius 1 is 1.16 bits per heavy atom. The second-order valence-corrected chi connectivity index (χ2v) is 4.87. The highest BCUT2D eigenvalue weighted by atomic mass is 16.4. The van der Waals surface area contributed by atoms with Crippen LogP contribution < -0.4 is 10.6 Å². The standard InChI is InChI=1S/C14H20N2O3/c1-9(2)11-4-6-12(7-5-11)16-14(19)15-10(3)8-13(17)18/h4-7,9-10H,8H2,1-3H3,(H,17,18)(H2,15,16,19). The van der Waals surface area contributed by atoms with Crippen LogP contribution in [-0.2, 0) is 4.79 Å². The van der Waals surface area contributed by atoms with Gasteiger partial charge >= 0.3 is 12.0 Å². The molecule has 0 spiro atoms. The molecule has 1 aromatic carbocycles. The van der Waals surface area contributed by atoms with Crippen molar-refractivity contribution in [1.29, 1.82) is 0 Å². The topological polar surface area (TPSA) is 78.4 Å². The number of benzene rings is 1. The van der Waals surface area contributed by atoms with Gasteiger partial charge in [-0.3, -0.25) is 4.79 Å². The fourth-order valence-corrected chi connectivity index (χ4v) is 1.66. The Morgan fingerprint density at radius 2 is 1.74 bits per heavy atom. The summed E-state index contributed by atoms with van der Waals surface area (Å²) in [5, 5.41) is 13.8. The van der Waals surface area contributed by atoms with Crippen molar-refractivity contribution in [2.24, 2.45) is 0 Å². The summed E-state index contributed by atoms with van der Waals surface area (Å²) < 4.78 is 0. The lowest BCUT2D eigenvalue weighted by atomic mass is 10.0. The Labute approximate surface area is 113 Å². The zero-order chi connectivity index (χ0) is 14.4. The number of carbonyl (C=O) groups excluding carboxylic acids is 1. The summed E-state index contributed by atoms with van der Waals surface area (Å²) in [4.78, 5) is 22.1. The maximum absolute atomic E-state index is 11.6. The lowest BCUT2D eigenvalue weighted by Gasteiger charge is -2.13. The van der Waals surface area contributed by atoms with E-state index in [1.54, 1.807) is 6.92 Å². The molecule has 1 rings (SSSR count). The van der Waals surface area contributed by atoms with Crippen LogP contribution in [0.4, 0.5) is 10.5 Å². The van der Waals surface area contributed by atoms with Gasteiger partial charge < -0.3 is 15.7 Å². The molecule has 0 aromatic heterocycles. The number of hydrogen-bond donors (Lipinski definition) is 3. The first-order valence-corrected chi connectivity index (χ1v) is 6.27. The van der Waals surface area contributed by atoms with E-state index in [9.17, 15) is 9.59 Å². The monoisotopic (exact) mass is 264 g/mol. The number of hydrogen-bond acceptors (Lipinski definition) is 2. The molecule has 5 nitrogen and oxygen atoms in total. The van der Waals surface area contributed by atoms with E-state index in [0.717, 1.165) is 0 Å². The summed E-state index contributed by atoms with van der Waals surface area (Å²) in [5.41, 5.74) is 1.88. The van der Waals surface area contributed by atoms with Crippen molar-refractivity contribution in [3.63, 3.8) is 0 Å². The van der Waals surface area contributed by atoms with Crippen molar-refractivity contribution in [3.8, 4) is 0 Å². The molecule has 5 heteroatoms. The van der Waals surface area contributed by atoms with Crippen molar-refractivity contribution in [2.75, 3.05) is 5.32 Å². The van der Waals surface area contributed by atoms with Crippen molar-refractivity contribution < 1.29 is 14.7 Å². The molecule has 0 aliphatic rings. The fourth-order valence-electron chi connectivity index (χ4n) is 1.66. The first-order valence-electron chi connectivity index (χ1n) is 6.27. The third kappa shape index (κ3) is 5.42. The number of carboxylic acid groups (broad SMARTS) is 1. The molecule has 104 valence electrons. The number of aliphatic carboxylic acids is 1. The molecule has 0 heterocycles. The highest BCUT2D eigenvalue weighted by Gasteiger charge is 2.10. The number of rotatable bonds is 5. The molecule has 0 radical (unpaired) electrons. The maximum Gasteiger partial charge on any atom is 0.319 e. The minimum Gasteiger partial charge on any atom is -0.481 e. The molecule has 0 fully saturated rings. The first-order chi connectivity index (χ1) is 8.88. The van der Waals surface area contributed by atoms with Crippen molar-refractivity contribution in [3.05, 3.63) is 29.8 Å². The SMILES string of the molecule is CC(CC(=O)O)NC(=O)Nc1ccc(C(C)C)cc1. The van der Waals surface area contributed by atoms with Crippen molar-refractivity contribution in [2.45, 2.75) is 39.2 Å². The van der Waals surface area contributed by atoms with Crippen LogP contribution >= 0.6 is 0 Å². The van der Waals surface area contributed by atoms with Gasteiger partial charge in [0.05, 0.1) is 6.42 Å². The van der Waals surface area contributed by atoms with Crippen LogP contribution in [0.1, 0.15) is 38.7 Å². The predicted octanol–water partition coefficient (Wildman–Crippen LogP) is 2.79. The van der Waals surface area contributed by atoms with E-state index < -0.39 is 18.0 Å². The second-order valence-electron chi connectivity index (χ2n) is 4.87. The van der Waals surface area contributed by atoms with Gasteiger partial charge in [0.15, 0.2) is 0 Å². The molecule has 0 saturated carbocycles. The van der Waals surface area contributed by atoms with Gasteiger partial charge in [-0.1, -0.05) is 26.0 Å². The lowest BCUT2D eigenvalue weighted by Crippen LogP contribution is -2.37. The summed E-state index contributed by atoms with van der Waals surface area (Å²) in [7, 11) is 0. The van der Waals surface area contributed by atoms with Gasteiger partial charge in [0.1, 0.15) is 0 Å². The summed E-state index contributed by atoms with van der Waals surface area (Å²) in [6, 6.07) is 6.77. The molecular formula is C14H20N2O3. The molecule has 0 aliphatic carbocycles. The largest absolute Gasteiger partial charge is 0.481 e. The van der Waals surface area contributed by atoms with Gasteiger partial charge in [-0.05, 0) is 30.5 Å². The number of carboxylic acids is 1. The van der Waals surface area contributed by atoms with E-state index in [0.29, 0.717) is 11.6 Å². The highest BCUT2D eigenvalue weighted by Crippen LogP contribution is 2.16. The van der Waals surface area contributed by atoms with Crippen LogP contribution in [-0.4, -0.2) is 23.1 Å². The lowest BCUT2D eigenvalue weighted by molar-refractivity contribution is -0.137. The molecule has 1 atom stereocenters. The third-order valence-corrected chi connectivity index (χ3v) is 2.69. The Hall–Kier alpha value is -2.04. The van der Waals surface area contributed by atoms with Gasteiger partial charge in [-0.25, -0.2) is 4.79 Å². The van der Waals surface area contributed by atoms with Gasteiger partial charge in [0, 0.05) is 11.7 Å². The van der Waals surface area contributed by atoms with Crippen LogP contribution in [0.15, 0.2) is 24.3 Å². The second kappa shape index (κ2) is 6.78. The zero-order valence-corrected chi connectivity index (χ0v) is 11.4. The minimum atomic E-state index is -0.936. The molecule has 0 aliphatic heterocycles. The molecule has 1 unspecified atom stereocenters. The maximum atomic E-state index is 11.6. The van der Waals surface area contributed by atoms with Crippen LogP contribution in [0.25, 0.3) is 0 Å². The molecular weight excluding hydrogens is 244 g/mol. The fraction of sp³-hybridized carbons (Fsp3) is 0.429. The van der Waals surface area contributed by atoms with E-state index in [2.05, 4.69) is 24.5 Å². The van der Waals surface area contributed by atoms with Crippen LogP contribution in [0.5, 0.6) is 0 Å². The predicted molar refractivity (Wildman–Crippen MR) is 74.4 cm³/mol. The summed E-state index contributed by atoms with van der Waals surface area (Å²) in [6.07, 6.45) is -0.0975. The van der Waals surface area contributed by atoms with Crippen molar-refractivity contribution in [1.82, 2.24) is 5.32 Å². The zero-order valence-electron chi connectivity index (χ0n) is 11.4. The number of carbonyl (C=O) groups is 2. The van der Waals surface area contributed by atoms with E-state index in [4.69, 9.17) is 5.11 Å². The van der Waals surface area contributed by atoms with E-state index >= 15 is 0 Å². The van der Waals surface area contributed by atoms with E-state index in [-0.39, 0.29) is 6.42 Å². The summed E-state index contributed by atoms with van der Waals surface area (Å²) >= 11 is 0. The summed E-state index contributed by atoms with van der Waals surface area (Å²) in [6.45, 7) is 5.85. The molecule has 19 heavy (non-hydrogen) atoms. The average molecular weight is 264 g/mol. The Bertz CT molecular complexity index is 441. The number of anilines is 1. The quantitative estimate of drug-likeness (QED) is 0.765.